The molecule has 1 aromatic heterocycles. The normalized spacial score (nSPS) is 11.9. The maximum atomic E-state index is 5.81. The fraction of sp³-hybridized carbons (Fsp3) is 0.357. The van der Waals surface area contributed by atoms with Gasteiger partial charge in [0.1, 0.15) is 0 Å². The van der Waals surface area contributed by atoms with Crippen LogP contribution in [-0.4, -0.2) is 17.1 Å². The second-order valence-electron chi connectivity index (χ2n) is 4.74. The maximum absolute atomic E-state index is 5.81. The summed E-state index contributed by atoms with van der Waals surface area (Å²) < 4.78 is 5.81. The van der Waals surface area contributed by atoms with Gasteiger partial charge >= 0.3 is 0 Å². The molecular weight excluding hydrogens is 212 g/mol. The molecule has 0 atom stereocenters. The summed E-state index contributed by atoms with van der Waals surface area (Å²) in [5.41, 5.74) is 7.45. The molecule has 3 heteroatoms. The van der Waals surface area contributed by atoms with E-state index in [-0.39, 0.29) is 5.60 Å². The van der Waals surface area contributed by atoms with E-state index in [1.165, 1.54) is 0 Å². The van der Waals surface area contributed by atoms with Crippen LogP contribution in [0.2, 0.25) is 0 Å². The lowest BCUT2D eigenvalue weighted by Gasteiger charge is -2.23. The Kier molecular flexibility index (Phi) is 3.41. The van der Waals surface area contributed by atoms with E-state index >= 15 is 0 Å². The predicted molar refractivity (Wildman–Crippen MR) is 69.7 cm³/mol. The molecule has 0 spiro atoms. The van der Waals surface area contributed by atoms with Crippen LogP contribution in [0.15, 0.2) is 36.5 Å². The number of aromatic nitrogens is 1. The minimum Gasteiger partial charge on any atom is -0.370 e. The van der Waals surface area contributed by atoms with Gasteiger partial charge in [-0.25, -0.2) is 0 Å². The Balaban J connectivity index is 2.24. The summed E-state index contributed by atoms with van der Waals surface area (Å²) in [6, 6.07) is 10.1. The van der Waals surface area contributed by atoms with Crippen LogP contribution in [0.3, 0.4) is 0 Å². The molecule has 0 fully saturated rings. The summed E-state index contributed by atoms with van der Waals surface area (Å²) in [7, 11) is 0. The van der Waals surface area contributed by atoms with Crippen molar-refractivity contribution in [1.82, 2.24) is 4.98 Å². The number of pyridine rings is 1. The minimum absolute atomic E-state index is 0.295. The SMILES string of the molecule is CC(C)(CN)OCc1cccc2cccnc12. The number of hydrogen-bond acceptors (Lipinski definition) is 3. The zero-order valence-electron chi connectivity index (χ0n) is 10.3. The number of nitrogens with two attached hydrogens (primary N) is 1. The number of nitrogens with zero attached hydrogens (tertiary/aromatic N) is 1. The van der Waals surface area contributed by atoms with Crippen molar-refractivity contribution < 1.29 is 4.74 Å². The highest BCUT2D eigenvalue weighted by Crippen LogP contribution is 2.19. The summed E-state index contributed by atoms with van der Waals surface area (Å²) in [4.78, 5) is 4.40. The summed E-state index contributed by atoms with van der Waals surface area (Å²) >= 11 is 0. The van der Waals surface area contributed by atoms with Crippen molar-refractivity contribution in [3.05, 3.63) is 42.1 Å². The molecule has 0 aliphatic carbocycles. The molecule has 0 aliphatic heterocycles. The number of benzene rings is 1. The molecule has 2 aromatic rings. The van der Waals surface area contributed by atoms with Crippen molar-refractivity contribution in [2.45, 2.75) is 26.1 Å². The maximum Gasteiger partial charge on any atom is 0.0757 e. The lowest BCUT2D eigenvalue weighted by molar-refractivity contribution is -0.0217. The highest BCUT2D eigenvalue weighted by atomic mass is 16.5. The van der Waals surface area contributed by atoms with E-state index < -0.39 is 0 Å². The van der Waals surface area contributed by atoms with Gasteiger partial charge in [-0.3, -0.25) is 4.98 Å². The smallest absolute Gasteiger partial charge is 0.0757 e. The lowest BCUT2D eigenvalue weighted by Crippen LogP contribution is -2.33. The van der Waals surface area contributed by atoms with E-state index in [1.807, 2.05) is 32.0 Å². The fourth-order valence-corrected chi connectivity index (χ4v) is 1.62. The van der Waals surface area contributed by atoms with Gasteiger partial charge in [-0.2, -0.15) is 0 Å². The molecule has 90 valence electrons. The van der Waals surface area contributed by atoms with Crippen molar-refractivity contribution in [3.63, 3.8) is 0 Å². The molecule has 3 nitrogen and oxygen atoms in total. The molecule has 1 heterocycles. The summed E-state index contributed by atoms with van der Waals surface area (Å²) in [5.74, 6) is 0. The number of rotatable bonds is 4. The van der Waals surface area contributed by atoms with Crippen molar-refractivity contribution in [2.75, 3.05) is 6.54 Å². The van der Waals surface area contributed by atoms with Gasteiger partial charge in [-0.1, -0.05) is 24.3 Å². The first-order chi connectivity index (χ1) is 8.12. The van der Waals surface area contributed by atoms with E-state index in [9.17, 15) is 0 Å². The summed E-state index contributed by atoms with van der Waals surface area (Å²) in [6.45, 7) is 5.03. The summed E-state index contributed by atoms with van der Waals surface area (Å²) in [5, 5.41) is 1.14. The largest absolute Gasteiger partial charge is 0.370 e. The van der Waals surface area contributed by atoms with Crippen LogP contribution in [0.4, 0.5) is 0 Å². The highest BCUT2D eigenvalue weighted by molar-refractivity contribution is 5.81. The Morgan fingerprint density at radius 3 is 2.76 bits per heavy atom. The van der Waals surface area contributed by atoms with Gasteiger partial charge in [0.15, 0.2) is 0 Å². The van der Waals surface area contributed by atoms with Gasteiger partial charge in [0.25, 0.3) is 0 Å². The van der Waals surface area contributed by atoms with E-state index in [1.54, 1.807) is 6.20 Å². The van der Waals surface area contributed by atoms with Crippen molar-refractivity contribution in [1.29, 1.82) is 0 Å². The second kappa shape index (κ2) is 4.82. The molecule has 2 rings (SSSR count). The second-order valence-corrected chi connectivity index (χ2v) is 4.74. The Labute approximate surface area is 102 Å². The van der Waals surface area contributed by atoms with Crippen LogP contribution in [0, 0.1) is 0 Å². The van der Waals surface area contributed by atoms with Crippen molar-refractivity contribution in [3.8, 4) is 0 Å². The standard InChI is InChI=1S/C14H18N2O/c1-14(2,10-15)17-9-12-6-3-5-11-7-4-8-16-13(11)12/h3-8H,9-10,15H2,1-2H3. The van der Waals surface area contributed by atoms with Gasteiger partial charge in [-0.15, -0.1) is 0 Å². The van der Waals surface area contributed by atoms with Gasteiger partial charge in [0, 0.05) is 23.7 Å². The highest BCUT2D eigenvalue weighted by Gasteiger charge is 2.16. The van der Waals surface area contributed by atoms with Crippen molar-refractivity contribution >= 4 is 10.9 Å². The van der Waals surface area contributed by atoms with Crippen LogP contribution >= 0.6 is 0 Å². The third kappa shape index (κ3) is 2.81. The first-order valence-electron chi connectivity index (χ1n) is 5.79. The third-order valence-electron chi connectivity index (χ3n) is 2.83. The first-order valence-corrected chi connectivity index (χ1v) is 5.79. The van der Waals surface area contributed by atoms with Crippen molar-refractivity contribution in [2.24, 2.45) is 5.73 Å². The van der Waals surface area contributed by atoms with Crippen LogP contribution in [0.5, 0.6) is 0 Å². The van der Waals surface area contributed by atoms with Crippen LogP contribution in [0.25, 0.3) is 10.9 Å². The van der Waals surface area contributed by atoms with E-state index in [4.69, 9.17) is 10.5 Å². The molecule has 0 amide bonds. The van der Waals surface area contributed by atoms with E-state index in [0.29, 0.717) is 13.2 Å². The minimum atomic E-state index is -0.295. The molecule has 0 saturated carbocycles. The zero-order valence-corrected chi connectivity index (χ0v) is 10.3. The summed E-state index contributed by atoms with van der Waals surface area (Å²) in [6.07, 6.45) is 1.81. The number of hydrogen-bond donors (Lipinski definition) is 1. The fourth-order valence-electron chi connectivity index (χ4n) is 1.62. The molecule has 1 aromatic carbocycles. The van der Waals surface area contributed by atoms with Crippen LogP contribution < -0.4 is 5.73 Å². The quantitative estimate of drug-likeness (QED) is 0.877. The van der Waals surface area contributed by atoms with Gasteiger partial charge in [0.2, 0.25) is 0 Å². The molecule has 0 unspecified atom stereocenters. The van der Waals surface area contributed by atoms with Gasteiger partial charge in [-0.05, 0) is 19.9 Å². The Bertz CT molecular complexity index is 503. The zero-order chi connectivity index (χ0) is 12.3. The molecule has 2 N–H and O–H groups in total. The molecule has 0 bridgehead atoms. The Hall–Kier alpha value is -1.45. The average Bonchev–Trinajstić information content (AvgIpc) is 2.36. The Morgan fingerprint density at radius 2 is 2.00 bits per heavy atom. The molecule has 0 saturated heterocycles. The molecule has 17 heavy (non-hydrogen) atoms. The number of para-hydroxylation sites is 1. The van der Waals surface area contributed by atoms with Crippen LogP contribution in [0.1, 0.15) is 19.4 Å². The topological polar surface area (TPSA) is 48.1 Å². The molecule has 0 aliphatic rings. The Morgan fingerprint density at radius 1 is 1.24 bits per heavy atom. The number of fused-ring (bicyclic) bond motifs is 1. The lowest BCUT2D eigenvalue weighted by atomic mass is 10.1. The van der Waals surface area contributed by atoms with Gasteiger partial charge < -0.3 is 10.5 Å². The van der Waals surface area contributed by atoms with Gasteiger partial charge in [0.05, 0.1) is 17.7 Å². The van der Waals surface area contributed by atoms with Crippen LogP contribution in [-0.2, 0) is 11.3 Å². The number of ether oxygens (including phenoxy) is 1. The average molecular weight is 230 g/mol. The van der Waals surface area contributed by atoms with E-state index in [2.05, 4.69) is 17.1 Å². The first kappa shape index (κ1) is 12.0. The predicted octanol–water partition coefficient (Wildman–Crippen LogP) is 2.49. The van der Waals surface area contributed by atoms with E-state index in [0.717, 1.165) is 16.5 Å². The molecular formula is C14H18N2O. The third-order valence-corrected chi connectivity index (χ3v) is 2.83. The molecule has 0 radical (unpaired) electrons. The monoisotopic (exact) mass is 230 g/mol.